The largest absolute Gasteiger partial charge is 0.311 e. The van der Waals surface area contributed by atoms with Crippen LogP contribution >= 0.6 is 0 Å². The number of fused-ring (bicyclic) bond motifs is 1. The first kappa shape index (κ1) is 13.2. The Morgan fingerprint density at radius 2 is 1.90 bits per heavy atom. The van der Waals surface area contributed by atoms with E-state index in [1.54, 1.807) is 24.3 Å². The van der Waals surface area contributed by atoms with Crippen molar-refractivity contribution >= 4 is 22.5 Å². The summed E-state index contributed by atoms with van der Waals surface area (Å²) in [6.07, 6.45) is 3.42. The zero-order chi connectivity index (χ0) is 14.8. The molecule has 0 aliphatic carbocycles. The number of para-hydroxylation sites is 1. The third-order valence-electron chi connectivity index (χ3n) is 3.48. The molecule has 0 radical (unpaired) electrons. The van der Waals surface area contributed by atoms with Gasteiger partial charge in [-0.1, -0.05) is 18.2 Å². The van der Waals surface area contributed by atoms with Gasteiger partial charge in [-0.25, -0.2) is 0 Å². The number of benzene rings is 1. The van der Waals surface area contributed by atoms with Gasteiger partial charge in [-0.3, -0.25) is 14.8 Å². The number of anilines is 1. The molecule has 2 heterocycles. The lowest BCUT2D eigenvalue weighted by Crippen LogP contribution is -2.27. The van der Waals surface area contributed by atoms with Gasteiger partial charge in [-0.05, 0) is 31.2 Å². The summed E-state index contributed by atoms with van der Waals surface area (Å²) in [5.41, 5.74) is 3.03. The van der Waals surface area contributed by atoms with Gasteiger partial charge in [0.25, 0.3) is 5.91 Å². The molecule has 21 heavy (non-hydrogen) atoms. The van der Waals surface area contributed by atoms with E-state index in [0.717, 1.165) is 22.3 Å². The van der Waals surface area contributed by atoms with Crippen molar-refractivity contribution in [1.29, 1.82) is 0 Å². The second-order valence-corrected chi connectivity index (χ2v) is 4.89. The Balaban J connectivity index is 2.03. The van der Waals surface area contributed by atoms with Gasteiger partial charge in [-0.15, -0.1) is 0 Å². The molecule has 0 unspecified atom stereocenters. The van der Waals surface area contributed by atoms with Crippen molar-refractivity contribution in [3.8, 4) is 0 Å². The Morgan fingerprint density at radius 3 is 2.67 bits per heavy atom. The van der Waals surface area contributed by atoms with Gasteiger partial charge in [-0.2, -0.15) is 0 Å². The Bertz CT molecular complexity index is 799. The zero-order valence-electron chi connectivity index (χ0n) is 11.9. The highest BCUT2D eigenvalue weighted by atomic mass is 16.2. The molecule has 3 rings (SSSR count). The highest BCUT2D eigenvalue weighted by molar-refractivity contribution is 6.07. The van der Waals surface area contributed by atoms with Crippen molar-refractivity contribution in [2.75, 3.05) is 11.9 Å². The van der Waals surface area contributed by atoms with Gasteiger partial charge in [0, 0.05) is 30.5 Å². The van der Waals surface area contributed by atoms with Crippen LogP contribution in [0.25, 0.3) is 10.9 Å². The van der Waals surface area contributed by atoms with Crippen LogP contribution in [0.2, 0.25) is 0 Å². The topological polar surface area (TPSA) is 46.1 Å². The lowest BCUT2D eigenvalue weighted by molar-refractivity contribution is 0.0992. The van der Waals surface area contributed by atoms with Crippen LogP contribution in [-0.2, 0) is 0 Å². The van der Waals surface area contributed by atoms with Gasteiger partial charge in [0.2, 0.25) is 0 Å². The van der Waals surface area contributed by atoms with Crippen LogP contribution < -0.4 is 4.90 Å². The van der Waals surface area contributed by atoms with Gasteiger partial charge in [0.1, 0.15) is 0 Å². The molecule has 3 aromatic rings. The van der Waals surface area contributed by atoms with E-state index < -0.39 is 0 Å². The van der Waals surface area contributed by atoms with E-state index in [9.17, 15) is 4.79 Å². The van der Waals surface area contributed by atoms with E-state index in [4.69, 9.17) is 0 Å². The molecular formula is C17H15N3O. The van der Waals surface area contributed by atoms with E-state index in [0.29, 0.717) is 5.56 Å². The van der Waals surface area contributed by atoms with Crippen molar-refractivity contribution in [2.24, 2.45) is 0 Å². The Morgan fingerprint density at radius 1 is 1.14 bits per heavy atom. The maximum atomic E-state index is 12.7. The summed E-state index contributed by atoms with van der Waals surface area (Å²) in [5, 5.41) is 0.868. The predicted molar refractivity (Wildman–Crippen MR) is 83.5 cm³/mol. The zero-order valence-corrected chi connectivity index (χ0v) is 11.9. The summed E-state index contributed by atoms with van der Waals surface area (Å²) >= 11 is 0. The van der Waals surface area contributed by atoms with Crippen LogP contribution in [-0.4, -0.2) is 22.9 Å². The van der Waals surface area contributed by atoms with Crippen LogP contribution in [0.15, 0.2) is 54.9 Å². The molecule has 0 bridgehead atoms. The standard InChI is InChI=1S/C17H15N3O/c1-12-15(10-13-11-18-9-8-16(13)19-12)17(21)20(2)14-6-4-3-5-7-14/h3-11H,1-2H3. The summed E-state index contributed by atoms with van der Waals surface area (Å²) in [5.74, 6) is -0.0723. The maximum absolute atomic E-state index is 12.7. The molecule has 0 saturated heterocycles. The predicted octanol–water partition coefficient (Wildman–Crippen LogP) is 3.21. The van der Waals surface area contributed by atoms with Crippen molar-refractivity contribution in [3.05, 3.63) is 66.1 Å². The second kappa shape index (κ2) is 5.32. The fourth-order valence-electron chi connectivity index (χ4n) is 2.28. The summed E-state index contributed by atoms with van der Waals surface area (Å²) in [6.45, 7) is 1.85. The fourth-order valence-corrected chi connectivity index (χ4v) is 2.28. The normalized spacial score (nSPS) is 10.6. The van der Waals surface area contributed by atoms with Gasteiger partial charge >= 0.3 is 0 Å². The molecule has 4 nitrogen and oxygen atoms in total. The molecule has 0 aliphatic rings. The lowest BCUT2D eigenvalue weighted by atomic mass is 10.1. The van der Waals surface area contributed by atoms with Crippen LogP contribution in [0, 0.1) is 6.92 Å². The van der Waals surface area contributed by atoms with Crippen LogP contribution in [0.4, 0.5) is 5.69 Å². The summed E-state index contributed by atoms with van der Waals surface area (Å²) in [7, 11) is 1.77. The minimum absolute atomic E-state index is 0.0723. The molecule has 0 aliphatic heterocycles. The van der Waals surface area contributed by atoms with Crippen LogP contribution in [0.3, 0.4) is 0 Å². The molecule has 104 valence electrons. The molecule has 2 aromatic heterocycles. The molecular weight excluding hydrogens is 262 g/mol. The van der Waals surface area contributed by atoms with Crippen molar-refractivity contribution in [1.82, 2.24) is 9.97 Å². The first-order valence-electron chi connectivity index (χ1n) is 6.71. The van der Waals surface area contributed by atoms with Crippen LogP contribution in [0.5, 0.6) is 0 Å². The average Bonchev–Trinajstić information content (AvgIpc) is 2.53. The molecule has 0 spiro atoms. The van der Waals surface area contributed by atoms with Crippen LogP contribution in [0.1, 0.15) is 16.1 Å². The minimum atomic E-state index is -0.0723. The number of pyridine rings is 2. The number of hydrogen-bond acceptors (Lipinski definition) is 3. The number of rotatable bonds is 2. The quantitative estimate of drug-likeness (QED) is 0.722. The number of aromatic nitrogens is 2. The number of nitrogens with zero attached hydrogens (tertiary/aromatic N) is 3. The molecule has 0 saturated carbocycles. The number of aryl methyl sites for hydroxylation is 1. The maximum Gasteiger partial charge on any atom is 0.259 e. The van der Waals surface area contributed by atoms with E-state index >= 15 is 0 Å². The van der Waals surface area contributed by atoms with E-state index in [1.807, 2.05) is 49.4 Å². The number of hydrogen-bond donors (Lipinski definition) is 0. The number of carbonyl (C=O) groups is 1. The Kier molecular flexibility index (Phi) is 3.36. The Hall–Kier alpha value is -2.75. The molecule has 0 N–H and O–H groups in total. The highest BCUT2D eigenvalue weighted by Crippen LogP contribution is 2.19. The summed E-state index contributed by atoms with van der Waals surface area (Å²) in [4.78, 5) is 22.9. The fraction of sp³-hybridized carbons (Fsp3) is 0.118. The van der Waals surface area contributed by atoms with E-state index in [-0.39, 0.29) is 5.91 Å². The molecule has 1 aromatic carbocycles. The summed E-state index contributed by atoms with van der Waals surface area (Å²) < 4.78 is 0. The minimum Gasteiger partial charge on any atom is -0.311 e. The van der Waals surface area contributed by atoms with Crippen molar-refractivity contribution in [2.45, 2.75) is 6.92 Å². The number of amides is 1. The van der Waals surface area contributed by atoms with E-state index in [2.05, 4.69) is 9.97 Å². The van der Waals surface area contributed by atoms with Gasteiger partial charge in [0.15, 0.2) is 0 Å². The Labute approximate surface area is 123 Å². The molecule has 1 amide bonds. The van der Waals surface area contributed by atoms with Gasteiger partial charge < -0.3 is 4.90 Å². The smallest absolute Gasteiger partial charge is 0.259 e. The average molecular weight is 277 g/mol. The third-order valence-corrected chi connectivity index (χ3v) is 3.48. The lowest BCUT2D eigenvalue weighted by Gasteiger charge is -2.18. The second-order valence-electron chi connectivity index (χ2n) is 4.89. The molecule has 0 atom stereocenters. The van der Waals surface area contributed by atoms with Crippen molar-refractivity contribution in [3.63, 3.8) is 0 Å². The third kappa shape index (κ3) is 2.48. The number of carbonyl (C=O) groups excluding carboxylic acids is 1. The molecule has 4 heteroatoms. The van der Waals surface area contributed by atoms with Gasteiger partial charge in [0.05, 0.1) is 16.8 Å². The monoisotopic (exact) mass is 277 g/mol. The van der Waals surface area contributed by atoms with E-state index in [1.165, 1.54) is 0 Å². The molecule has 0 fully saturated rings. The SMILES string of the molecule is Cc1nc2ccncc2cc1C(=O)N(C)c1ccccc1. The van der Waals surface area contributed by atoms with Crippen molar-refractivity contribution < 1.29 is 4.79 Å². The highest BCUT2D eigenvalue weighted by Gasteiger charge is 2.17. The first-order valence-corrected chi connectivity index (χ1v) is 6.71. The first-order chi connectivity index (χ1) is 10.2. The summed E-state index contributed by atoms with van der Waals surface area (Å²) in [6, 6.07) is 13.3.